The maximum atomic E-state index is 12.8. The van der Waals surface area contributed by atoms with E-state index < -0.39 is 17.6 Å². The summed E-state index contributed by atoms with van der Waals surface area (Å²) in [5.74, 6) is 0.880. The zero-order valence-corrected chi connectivity index (χ0v) is 17.8. The second-order valence-electron chi connectivity index (χ2n) is 6.66. The van der Waals surface area contributed by atoms with Gasteiger partial charge in [-0.2, -0.15) is 13.2 Å². The van der Waals surface area contributed by atoms with Crippen molar-refractivity contribution in [2.45, 2.75) is 38.3 Å². The fraction of sp³-hybridized carbons (Fsp3) is 0.286. The lowest BCUT2D eigenvalue weighted by Crippen LogP contribution is -2.15. The number of thioether (sulfide) groups is 1. The van der Waals surface area contributed by atoms with Crippen LogP contribution in [0.3, 0.4) is 0 Å². The summed E-state index contributed by atoms with van der Waals surface area (Å²) >= 11 is 1.15. The van der Waals surface area contributed by atoms with E-state index in [2.05, 4.69) is 15.5 Å². The van der Waals surface area contributed by atoms with Crippen LogP contribution in [0.4, 0.5) is 18.9 Å². The predicted molar refractivity (Wildman–Crippen MR) is 112 cm³/mol. The van der Waals surface area contributed by atoms with Gasteiger partial charge in [-0.15, -0.1) is 10.2 Å². The van der Waals surface area contributed by atoms with Gasteiger partial charge in [0.1, 0.15) is 12.4 Å². The smallest absolute Gasteiger partial charge is 0.416 e. The number of benzene rings is 2. The Hall–Kier alpha value is -3.01. The molecule has 10 heteroatoms. The summed E-state index contributed by atoms with van der Waals surface area (Å²) in [6.07, 6.45) is -4.47. The molecule has 1 aromatic heterocycles. The molecule has 0 unspecified atom stereocenters. The van der Waals surface area contributed by atoms with Crippen LogP contribution < -0.4 is 10.1 Å². The Labute approximate surface area is 181 Å². The average Bonchev–Trinajstić information content (AvgIpc) is 3.12. The van der Waals surface area contributed by atoms with Crippen LogP contribution in [0.1, 0.15) is 23.9 Å². The number of anilines is 1. The van der Waals surface area contributed by atoms with E-state index in [1.54, 1.807) is 0 Å². The molecule has 0 saturated heterocycles. The Bertz CT molecular complexity index is 1050. The molecule has 0 aliphatic carbocycles. The van der Waals surface area contributed by atoms with Crippen LogP contribution in [0, 0.1) is 6.92 Å². The van der Waals surface area contributed by atoms with Crippen LogP contribution in [0.2, 0.25) is 0 Å². The first-order valence-corrected chi connectivity index (χ1v) is 10.5. The molecular formula is C21H21F3N4O2S. The number of ether oxygens (including phenoxy) is 1. The van der Waals surface area contributed by atoms with Gasteiger partial charge in [0.15, 0.2) is 11.0 Å². The Kier molecular flexibility index (Phi) is 7.21. The van der Waals surface area contributed by atoms with E-state index in [9.17, 15) is 18.0 Å². The van der Waals surface area contributed by atoms with Gasteiger partial charge >= 0.3 is 6.18 Å². The molecule has 164 valence electrons. The molecule has 0 fully saturated rings. The van der Waals surface area contributed by atoms with E-state index in [1.807, 2.05) is 42.7 Å². The zero-order valence-electron chi connectivity index (χ0n) is 16.9. The summed E-state index contributed by atoms with van der Waals surface area (Å²) in [6, 6.07) is 12.2. The molecule has 31 heavy (non-hydrogen) atoms. The van der Waals surface area contributed by atoms with Crippen molar-refractivity contribution in [1.29, 1.82) is 0 Å². The van der Waals surface area contributed by atoms with Gasteiger partial charge in [0, 0.05) is 12.2 Å². The number of carbonyl (C=O) groups excluding carboxylic acids is 1. The number of aryl methyl sites for hydroxylation is 1. The fourth-order valence-corrected chi connectivity index (χ4v) is 3.62. The molecule has 0 spiro atoms. The van der Waals surface area contributed by atoms with Crippen LogP contribution >= 0.6 is 11.8 Å². The second-order valence-corrected chi connectivity index (χ2v) is 7.61. The van der Waals surface area contributed by atoms with Gasteiger partial charge in [0.2, 0.25) is 5.91 Å². The summed E-state index contributed by atoms with van der Waals surface area (Å²) in [5.41, 5.74) is 0.351. The molecule has 0 saturated carbocycles. The molecule has 3 aromatic rings. The van der Waals surface area contributed by atoms with Gasteiger partial charge in [-0.25, -0.2) is 0 Å². The van der Waals surface area contributed by atoms with Crippen molar-refractivity contribution in [3.63, 3.8) is 0 Å². The number of nitrogens with one attached hydrogen (secondary N) is 1. The van der Waals surface area contributed by atoms with Gasteiger partial charge < -0.3 is 14.6 Å². The highest BCUT2D eigenvalue weighted by molar-refractivity contribution is 7.99. The minimum Gasteiger partial charge on any atom is -0.486 e. The van der Waals surface area contributed by atoms with Crippen LogP contribution in [0.25, 0.3) is 0 Å². The van der Waals surface area contributed by atoms with Crippen LogP contribution in [-0.2, 0) is 24.1 Å². The number of alkyl halides is 3. The summed E-state index contributed by atoms with van der Waals surface area (Å²) in [6.45, 7) is 4.70. The highest BCUT2D eigenvalue weighted by Gasteiger charge is 2.30. The number of amides is 1. The van der Waals surface area contributed by atoms with Gasteiger partial charge in [0.05, 0.1) is 11.3 Å². The van der Waals surface area contributed by atoms with E-state index in [0.717, 1.165) is 35.2 Å². The Morgan fingerprint density at radius 3 is 2.65 bits per heavy atom. The quantitative estimate of drug-likeness (QED) is 0.493. The highest BCUT2D eigenvalue weighted by atomic mass is 32.2. The normalized spacial score (nSPS) is 11.4. The summed E-state index contributed by atoms with van der Waals surface area (Å²) < 4.78 is 46.0. The third kappa shape index (κ3) is 6.24. The number of hydrogen-bond donors (Lipinski definition) is 1. The molecule has 0 radical (unpaired) electrons. The van der Waals surface area contributed by atoms with Crippen molar-refractivity contribution >= 4 is 23.4 Å². The van der Waals surface area contributed by atoms with E-state index in [-0.39, 0.29) is 18.0 Å². The van der Waals surface area contributed by atoms with Crippen molar-refractivity contribution in [2.75, 3.05) is 11.1 Å². The maximum Gasteiger partial charge on any atom is 0.416 e. The van der Waals surface area contributed by atoms with Gasteiger partial charge in [0.25, 0.3) is 0 Å². The van der Waals surface area contributed by atoms with Crippen molar-refractivity contribution in [2.24, 2.45) is 0 Å². The Balaban J connectivity index is 1.58. The number of aromatic nitrogens is 3. The molecule has 0 aliphatic heterocycles. The van der Waals surface area contributed by atoms with E-state index in [4.69, 9.17) is 4.74 Å². The molecule has 0 bridgehead atoms. The minimum absolute atomic E-state index is 0.0207. The van der Waals surface area contributed by atoms with E-state index in [0.29, 0.717) is 17.5 Å². The highest BCUT2D eigenvalue weighted by Crippen LogP contribution is 2.30. The third-order valence-electron chi connectivity index (χ3n) is 4.27. The van der Waals surface area contributed by atoms with Crippen LogP contribution in [0.5, 0.6) is 5.75 Å². The van der Waals surface area contributed by atoms with Crippen molar-refractivity contribution in [1.82, 2.24) is 14.8 Å². The number of nitrogens with zero attached hydrogens (tertiary/aromatic N) is 3. The molecule has 2 aromatic carbocycles. The van der Waals surface area contributed by atoms with Crippen LogP contribution in [0.15, 0.2) is 53.7 Å². The largest absolute Gasteiger partial charge is 0.486 e. The number of hydrogen-bond acceptors (Lipinski definition) is 5. The maximum absolute atomic E-state index is 12.8. The van der Waals surface area contributed by atoms with Gasteiger partial charge in [-0.1, -0.05) is 30.0 Å². The zero-order chi connectivity index (χ0) is 22.4. The molecule has 6 nitrogen and oxygen atoms in total. The standard InChI is InChI=1S/C21H21F3N4O2S/c1-3-28-18(12-30-17-9-4-6-14(2)10-17)26-27-20(28)31-13-19(29)25-16-8-5-7-15(11-16)21(22,23)24/h4-11H,3,12-13H2,1-2H3,(H,25,29). The first-order valence-electron chi connectivity index (χ1n) is 9.47. The molecule has 0 atom stereocenters. The topological polar surface area (TPSA) is 69.0 Å². The van der Waals surface area contributed by atoms with E-state index >= 15 is 0 Å². The summed E-state index contributed by atoms with van der Waals surface area (Å²) in [5, 5.41) is 11.3. The summed E-state index contributed by atoms with van der Waals surface area (Å²) in [7, 11) is 0. The average molecular weight is 450 g/mol. The molecule has 1 amide bonds. The predicted octanol–water partition coefficient (Wildman–Crippen LogP) is 4.94. The third-order valence-corrected chi connectivity index (χ3v) is 5.24. The van der Waals surface area contributed by atoms with Crippen molar-refractivity contribution in [3.05, 3.63) is 65.5 Å². The fourth-order valence-electron chi connectivity index (χ4n) is 2.80. The minimum atomic E-state index is -4.47. The molecule has 1 N–H and O–H groups in total. The monoisotopic (exact) mass is 450 g/mol. The molecular weight excluding hydrogens is 429 g/mol. The van der Waals surface area contributed by atoms with Crippen LogP contribution in [-0.4, -0.2) is 26.4 Å². The second kappa shape index (κ2) is 9.86. The lowest BCUT2D eigenvalue weighted by atomic mass is 10.2. The molecule has 1 heterocycles. The first-order chi connectivity index (χ1) is 14.8. The Morgan fingerprint density at radius 1 is 1.16 bits per heavy atom. The number of rotatable bonds is 8. The first kappa shape index (κ1) is 22.7. The summed E-state index contributed by atoms with van der Waals surface area (Å²) in [4.78, 5) is 12.2. The SMILES string of the molecule is CCn1c(COc2cccc(C)c2)nnc1SCC(=O)Nc1cccc(C(F)(F)F)c1. The number of carbonyl (C=O) groups is 1. The Morgan fingerprint density at radius 2 is 1.94 bits per heavy atom. The van der Waals surface area contributed by atoms with Crippen molar-refractivity contribution < 1.29 is 22.7 Å². The molecule has 3 rings (SSSR count). The molecule has 0 aliphatic rings. The van der Waals surface area contributed by atoms with Gasteiger partial charge in [-0.3, -0.25) is 4.79 Å². The van der Waals surface area contributed by atoms with Crippen molar-refractivity contribution in [3.8, 4) is 5.75 Å². The number of halogens is 3. The van der Waals surface area contributed by atoms with Gasteiger partial charge in [-0.05, 0) is 49.7 Å². The van der Waals surface area contributed by atoms with E-state index in [1.165, 1.54) is 12.1 Å². The lowest BCUT2D eigenvalue weighted by Gasteiger charge is -2.10. The lowest BCUT2D eigenvalue weighted by molar-refractivity contribution is -0.137.